The van der Waals surface area contributed by atoms with Crippen LogP contribution in [0.15, 0.2) is 212 Å². The molecule has 0 spiro atoms. The van der Waals surface area contributed by atoms with Crippen molar-refractivity contribution >= 4 is 87.2 Å². The number of nitrogens with zero attached hydrogens (tertiary/aromatic N) is 6. The molecule has 4 heterocycles. The molecule has 0 fully saturated rings. The summed E-state index contributed by atoms with van der Waals surface area (Å²) in [5.74, 6) is 0. The SMILES string of the molecule is Cc1cc(C#N)cc(-c2cc(-n3c4ccccc4c4ccc(-n5c6ccccc6c6ccccc65)cc43)c(C#N)cc2-n2c3ccccc3c3ccc(-n4c5ccccc5c5ccccc54)cc32)c1. The van der Waals surface area contributed by atoms with Gasteiger partial charge in [0.2, 0.25) is 0 Å². The minimum Gasteiger partial charge on any atom is -0.309 e. The first-order valence-corrected chi connectivity index (χ1v) is 23.2. The molecule has 4 aromatic heterocycles. The van der Waals surface area contributed by atoms with Gasteiger partial charge < -0.3 is 18.3 Å². The van der Waals surface area contributed by atoms with E-state index in [1.54, 1.807) is 0 Å². The monoisotopic (exact) mass is 878 g/mol. The molecule has 0 atom stereocenters. The molecule has 6 nitrogen and oxygen atoms in total. The van der Waals surface area contributed by atoms with Crippen LogP contribution in [0, 0.1) is 29.6 Å². The van der Waals surface area contributed by atoms with E-state index in [-0.39, 0.29) is 0 Å². The van der Waals surface area contributed by atoms with Gasteiger partial charge in [0, 0.05) is 60.0 Å². The number of nitriles is 2. The molecule has 0 aliphatic heterocycles. The van der Waals surface area contributed by atoms with E-state index in [1.165, 1.54) is 21.5 Å². The zero-order valence-electron chi connectivity index (χ0n) is 37.4. The van der Waals surface area contributed by atoms with Crippen LogP contribution in [0.3, 0.4) is 0 Å². The molecule has 0 aliphatic carbocycles. The highest BCUT2D eigenvalue weighted by atomic mass is 15.0. The van der Waals surface area contributed by atoms with E-state index in [0.29, 0.717) is 11.1 Å². The van der Waals surface area contributed by atoms with Crippen molar-refractivity contribution in [2.45, 2.75) is 6.92 Å². The second kappa shape index (κ2) is 14.7. The largest absolute Gasteiger partial charge is 0.309 e. The summed E-state index contributed by atoms with van der Waals surface area (Å²) in [7, 11) is 0. The highest BCUT2D eigenvalue weighted by Gasteiger charge is 2.24. The van der Waals surface area contributed by atoms with Crippen LogP contribution in [0.2, 0.25) is 0 Å². The third-order valence-electron chi connectivity index (χ3n) is 14.2. The summed E-state index contributed by atoms with van der Waals surface area (Å²) in [5.41, 5.74) is 16.1. The van der Waals surface area contributed by atoms with E-state index < -0.39 is 0 Å². The van der Waals surface area contributed by atoms with E-state index in [2.05, 4.69) is 231 Å². The predicted octanol–water partition coefficient (Wildman–Crippen LogP) is 15.8. The number of para-hydroxylation sites is 6. The molecule has 0 saturated heterocycles. The van der Waals surface area contributed by atoms with Crippen molar-refractivity contribution < 1.29 is 0 Å². The number of aromatic nitrogens is 4. The fourth-order valence-electron chi connectivity index (χ4n) is 11.4. The lowest BCUT2D eigenvalue weighted by molar-refractivity contribution is 1.12. The first-order valence-electron chi connectivity index (χ1n) is 23.2. The fourth-order valence-corrected chi connectivity index (χ4v) is 11.4. The molecule has 0 aliphatic rings. The number of hydrogen-bond acceptors (Lipinski definition) is 2. The Morgan fingerprint density at radius 1 is 0.319 bits per heavy atom. The molecule has 10 aromatic carbocycles. The lowest BCUT2D eigenvalue weighted by Gasteiger charge is -2.20. The predicted molar refractivity (Wildman–Crippen MR) is 283 cm³/mol. The summed E-state index contributed by atoms with van der Waals surface area (Å²) in [6.45, 7) is 2.04. The molecule has 0 saturated carbocycles. The highest BCUT2D eigenvalue weighted by Crippen LogP contribution is 2.43. The molecule has 69 heavy (non-hydrogen) atoms. The Bertz CT molecular complexity index is 4490. The van der Waals surface area contributed by atoms with Gasteiger partial charge in [-0.05, 0) is 103 Å². The van der Waals surface area contributed by atoms with E-state index in [1.807, 2.05) is 19.1 Å². The second-order valence-electron chi connectivity index (χ2n) is 18.0. The molecule has 320 valence electrons. The van der Waals surface area contributed by atoms with Gasteiger partial charge in [-0.25, -0.2) is 0 Å². The Hall–Kier alpha value is -9.62. The Labute approximate surface area is 396 Å². The third-order valence-corrected chi connectivity index (χ3v) is 14.2. The molecular weight excluding hydrogens is 841 g/mol. The smallest absolute Gasteiger partial charge is 0.101 e. The van der Waals surface area contributed by atoms with Crippen molar-refractivity contribution in [1.29, 1.82) is 10.5 Å². The quantitative estimate of drug-likeness (QED) is 0.173. The van der Waals surface area contributed by atoms with Crippen LogP contribution < -0.4 is 0 Å². The van der Waals surface area contributed by atoms with Crippen LogP contribution in [0.4, 0.5) is 0 Å². The van der Waals surface area contributed by atoms with Crippen molar-refractivity contribution in [2.75, 3.05) is 0 Å². The number of hydrogen-bond donors (Lipinski definition) is 0. The number of aryl methyl sites for hydroxylation is 1. The number of rotatable bonds is 5. The number of fused-ring (bicyclic) bond motifs is 12. The van der Waals surface area contributed by atoms with E-state index in [4.69, 9.17) is 0 Å². The van der Waals surface area contributed by atoms with Gasteiger partial charge in [-0.2, -0.15) is 10.5 Å². The van der Waals surface area contributed by atoms with Crippen LogP contribution in [-0.2, 0) is 0 Å². The van der Waals surface area contributed by atoms with Gasteiger partial charge in [0.05, 0.1) is 72.7 Å². The maximum Gasteiger partial charge on any atom is 0.101 e. The Morgan fingerprint density at radius 3 is 1.10 bits per heavy atom. The van der Waals surface area contributed by atoms with Gasteiger partial charge in [0.15, 0.2) is 0 Å². The second-order valence-corrected chi connectivity index (χ2v) is 18.0. The first-order chi connectivity index (χ1) is 34.1. The van der Waals surface area contributed by atoms with E-state index >= 15 is 0 Å². The lowest BCUT2D eigenvalue weighted by Crippen LogP contribution is -2.05. The molecule has 14 aromatic rings. The summed E-state index contributed by atoms with van der Waals surface area (Å²) in [4.78, 5) is 0. The maximum absolute atomic E-state index is 11.5. The zero-order chi connectivity index (χ0) is 45.9. The summed E-state index contributed by atoms with van der Waals surface area (Å²) in [6, 6.07) is 80.2. The number of benzene rings is 10. The normalized spacial score (nSPS) is 11.8. The van der Waals surface area contributed by atoms with Crippen molar-refractivity contribution in [3.8, 4) is 46.0 Å². The van der Waals surface area contributed by atoms with Gasteiger partial charge in [-0.1, -0.05) is 127 Å². The molecule has 0 unspecified atom stereocenters. The van der Waals surface area contributed by atoms with Crippen LogP contribution in [0.25, 0.3) is 121 Å². The Kier molecular flexibility index (Phi) is 8.23. The van der Waals surface area contributed by atoms with Gasteiger partial charge in [-0.3, -0.25) is 0 Å². The Morgan fingerprint density at radius 2 is 0.696 bits per heavy atom. The maximum atomic E-state index is 11.5. The third kappa shape index (κ3) is 5.58. The van der Waals surface area contributed by atoms with Crippen LogP contribution >= 0.6 is 0 Å². The first kappa shape index (κ1) is 38.6. The minimum atomic E-state index is 0.524. The molecule has 0 N–H and O–H groups in total. The molecule has 0 radical (unpaired) electrons. The fraction of sp³-hybridized carbons (Fsp3) is 0.0159. The summed E-state index contributed by atoms with van der Waals surface area (Å²) in [6.07, 6.45) is 0. The highest BCUT2D eigenvalue weighted by molar-refractivity contribution is 6.14. The topological polar surface area (TPSA) is 67.3 Å². The Balaban J connectivity index is 1.08. The van der Waals surface area contributed by atoms with Crippen molar-refractivity contribution in [2.24, 2.45) is 0 Å². The molecule has 14 rings (SSSR count). The summed E-state index contributed by atoms with van der Waals surface area (Å²) < 4.78 is 9.29. The average Bonchev–Trinajstić information content (AvgIpc) is 4.12. The summed E-state index contributed by atoms with van der Waals surface area (Å²) >= 11 is 0. The standard InChI is InChI=1S/C63H38N6/c1-39-30-40(37-64)32-41(31-39)53-36-60(68-58-24-12-6-18-49(58)51-28-26-43(34-62(51)68)66-54-20-8-2-14-45(54)46-15-3-9-21-55(46)66)42(38-65)33-61(53)69-59-25-13-7-19-50(59)52-29-27-44(35-63(52)69)67-56-22-10-4-16-47(56)48-17-5-11-23-57(48)67/h2-36H,1H3. The van der Waals surface area contributed by atoms with E-state index in [9.17, 15) is 10.5 Å². The van der Waals surface area contributed by atoms with Crippen molar-refractivity contribution in [1.82, 2.24) is 18.3 Å². The average molecular weight is 879 g/mol. The van der Waals surface area contributed by atoms with Gasteiger partial charge in [-0.15, -0.1) is 0 Å². The zero-order valence-corrected chi connectivity index (χ0v) is 37.4. The van der Waals surface area contributed by atoms with Gasteiger partial charge in [0.1, 0.15) is 6.07 Å². The van der Waals surface area contributed by atoms with E-state index in [0.717, 1.165) is 105 Å². The van der Waals surface area contributed by atoms with Crippen molar-refractivity contribution in [3.05, 3.63) is 229 Å². The molecular formula is C63H38N6. The molecule has 6 heteroatoms. The summed E-state index contributed by atoms with van der Waals surface area (Å²) in [5, 5.41) is 31.1. The minimum absolute atomic E-state index is 0.524. The molecule has 0 bridgehead atoms. The van der Waals surface area contributed by atoms with Crippen LogP contribution in [-0.4, -0.2) is 18.3 Å². The van der Waals surface area contributed by atoms with Gasteiger partial charge >= 0.3 is 0 Å². The van der Waals surface area contributed by atoms with Crippen molar-refractivity contribution in [3.63, 3.8) is 0 Å². The van der Waals surface area contributed by atoms with Crippen LogP contribution in [0.1, 0.15) is 16.7 Å². The lowest BCUT2D eigenvalue weighted by atomic mass is 9.96. The molecule has 0 amide bonds. The van der Waals surface area contributed by atoms with Gasteiger partial charge in [0.25, 0.3) is 0 Å². The van der Waals surface area contributed by atoms with Crippen LogP contribution in [0.5, 0.6) is 0 Å².